The zero-order valence-electron chi connectivity index (χ0n) is 20.5. The lowest BCUT2D eigenvalue weighted by molar-refractivity contribution is 0.0555. The van der Waals surface area contributed by atoms with Gasteiger partial charge in [0.1, 0.15) is 6.07 Å². The Morgan fingerprint density at radius 2 is 2.12 bits per heavy atom. The van der Waals surface area contributed by atoms with E-state index in [0.29, 0.717) is 12.0 Å². The van der Waals surface area contributed by atoms with Crippen LogP contribution in [0.2, 0.25) is 0 Å². The SMILES string of the molecule is CC(OCCN(C)C)c1ccc(NC(=O)c2nc(C#N)c[nH]2)c(C2=CCC3(CCCC3)CC2)c1. The molecule has 1 amide bonds. The van der Waals surface area contributed by atoms with Gasteiger partial charge in [0.25, 0.3) is 5.91 Å². The molecule has 0 aliphatic heterocycles. The summed E-state index contributed by atoms with van der Waals surface area (Å²) in [5, 5.41) is 12.0. The minimum Gasteiger partial charge on any atom is -0.372 e. The first kappa shape index (κ1) is 24.2. The van der Waals surface area contributed by atoms with Crippen LogP contribution in [-0.2, 0) is 4.74 Å². The lowest BCUT2D eigenvalue weighted by Gasteiger charge is -2.33. The van der Waals surface area contributed by atoms with Gasteiger partial charge in [-0.1, -0.05) is 25.0 Å². The number of imidazole rings is 1. The van der Waals surface area contributed by atoms with Gasteiger partial charge in [-0.15, -0.1) is 0 Å². The summed E-state index contributed by atoms with van der Waals surface area (Å²) in [4.78, 5) is 21.8. The van der Waals surface area contributed by atoms with Crippen molar-refractivity contribution in [1.82, 2.24) is 14.9 Å². The number of nitriles is 1. The zero-order chi connectivity index (χ0) is 24.1. The van der Waals surface area contributed by atoms with Crippen LogP contribution in [0.25, 0.3) is 5.57 Å². The highest BCUT2D eigenvalue weighted by Crippen LogP contribution is 2.50. The molecule has 2 aliphatic rings. The predicted octanol–water partition coefficient (Wildman–Crippen LogP) is 5.30. The Kier molecular flexibility index (Phi) is 7.50. The molecule has 1 spiro atoms. The molecule has 1 unspecified atom stereocenters. The number of allylic oxidation sites excluding steroid dienone is 2. The van der Waals surface area contributed by atoms with Crippen LogP contribution in [-0.4, -0.2) is 48.0 Å². The van der Waals surface area contributed by atoms with Crippen LogP contribution in [0, 0.1) is 16.7 Å². The van der Waals surface area contributed by atoms with E-state index in [0.717, 1.165) is 36.2 Å². The summed E-state index contributed by atoms with van der Waals surface area (Å²) in [6, 6.07) is 8.09. The van der Waals surface area contributed by atoms with Crippen LogP contribution < -0.4 is 5.32 Å². The number of nitrogens with zero attached hydrogens (tertiary/aromatic N) is 3. The Hall–Kier alpha value is -2.95. The molecule has 2 aliphatic carbocycles. The Bertz CT molecular complexity index is 1090. The van der Waals surface area contributed by atoms with Crippen molar-refractivity contribution in [3.05, 3.63) is 53.1 Å². The van der Waals surface area contributed by atoms with Crippen molar-refractivity contribution >= 4 is 17.2 Å². The summed E-state index contributed by atoms with van der Waals surface area (Å²) in [6.07, 6.45) is 12.5. The number of anilines is 1. The number of aromatic nitrogens is 2. The number of hydrogen-bond acceptors (Lipinski definition) is 5. The highest BCUT2D eigenvalue weighted by Gasteiger charge is 2.35. The Labute approximate surface area is 202 Å². The maximum atomic E-state index is 12.8. The molecule has 1 atom stereocenters. The number of carbonyl (C=O) groups is 1. The van der Waals surface area contributed by atoms with Gasteiger partial charge in [0.05, 0.1) is 12.7 Å². The number of amides is 1. The maximum absolute atomic E-state index is 12.8. The first-order valence-corrected chi connectivity index (χ1v) is 12.3. The van der Waals surface area contributed by atoms with Crippen molar-refractivity contribution in [2.75, 3.05) is 32.6 Å². The number of carbonyl (C=O) groups excluding carboxylic acids is 1. The Balaban J connectivity index is 1.59. The molecule has 180 valence electrons. The Morgan fingerprint density at radius 1 is 1.32 bits per heavy atom. The van der Waals surface area contributed by atoms with Crippen LogP contribution in [0.1, 0.15) is 85.4 Å². The fourth-order valence-corrected chi connectivity index (χ4v) is 5.14. The van der Waals surface area contributed by atoms with Gasteiger partial charge in [0, 0.05) is 24.0 Å². The van der Waals surface area contributed by atoms with Crippen LogP contribution in [0.4, 0.5) is 5.69 Å². The molecule has 1 heterocycles. The molecule has 0 bridgehead atoms. The third-order valence-corrected chi connectivity index (χ3v) is 7.29. The number of likely N-dealkylation sites (N-methyl/N-ethyl adjacent to an activating group) is 1. The van der Waals surface area contributed by atoms with E-state index >= 15 is 0 Å². The van der Waals surface area contributed by atoms with Gasteiger partial charge in [-0.25, -0.2) is 4.98 Å². The average Bonchev–Trinajstić information content (AvgIpc) is 3.50. The van der Waals surface area contributed by atoms with Gasteiger partial charge >= 0.3 is 0 Å². The normalized spacial score (nSPS) is 18.0. The summed E-state index contributed by atoms with van der Waals surface area (Å²) in [5.74, 6) is -0.219. The van der Waals surface area contributed by atoms with Gasteiger partial charge in [-0.05, 0) is 81.8 Å². The number of rotatable bonds is 8. The quantitative estimate of drug-likeness (QED) is 0.556. The number of nitrogens with one attached hydrogen (secondary N) is 2. The molecule has 2 N–H and O–H groups in total. The highest BCUT2D eigenvalue weighted by molar-refractivity contribution is 6.03. The summed E-state index contributed by atoms with van der Waals surface area (Å²) in [7, 11) is 4.07. The van der Waals surface area contributed by atoms with Crippen molar-refractivity contribution in [2.45, 2.75) is 58.0 Å². The van der Waals surface area contributed by atoms with Crippen molar-refractivity contribution in [1.29, 1.82) is 5.26 Å². The van der Waals surface area contributed by atoms with Crippen molar-refractivity contribution < 1.29 is 9.53 Å². The summed E-state index contributed by atoms with van der Waals surface area (Å²) >= 11 is 0. The number of ether oxygens (including phenoxy) is 1. The van der Waals surface area contributed by atoms with Crippen LogP contribution in [0.5, 0.6) is 0 Å². The van der Waals surface area contributed by atoms with E-state index in [9.17, 15) is 4.79 Å². The fraction of sp³-hybridized carbons (Fsp3) is 0.519. The molecule has 7 heteroatoms. The van der Waals surface area contributed by atoms with Crippen LogP contribution >= 0.6 is 0 Å². The van der Waals surface area contributed by atoms with E-state index in [2.05, 4.69) is 39.3 Å². The second kappa shape index (κ2) is 10.5. The van der Waals surface area contributed by atoms with E-state index in [1.54, 1.807) is 0 Å². The standard InChI is InChI=1S/C27H35N5O2/c1-19(34-15-14-32(2)3)21-6-7-24(31-26(33)25-29-18-22(17-28)30-25)23(16-21)20-8-12-27(13-9-20)10-4-5-11-27/h6-8,16,18-19H,4-5,9-15H2,1-3H3,(H,29,30)(H,31,33). The van der Waals surface area contributed by atoms with Crippen molar-refractivity contribution in [3.8, 4) is 6.07 Å². The van der Waals surface area contributed by atoms with Gasteiger partial charge in [-0.3, -0.25) is 4.79 Å². The van der Waals surface area contributed by atoms with Crippen molar-refractivity contribution in [2.24, 2.45) is 5.41 Å². The average molecular weight is 462 g/mol. The lowest BCUT2D eigenvalue weighted by atomic mass is 9.72. The summed E-state index contributed by atoms with van der Waals surface area (Å²) in [6.45, 7) is 3.60. The number of hydrogen-bond donors (Lipinski definition) is 2. The minimum absolute atomic E-state index is 0.0444. The third-order valence-electron chi connectivity index (χ3n) is 7.29. The second-order valence-corrected chi connectivity index (χ2v) is 9.96. The van der Waals surface area contributed by atoms with E-state index < -0.39 is 0 Å². The number of H-pyrrole nitrogens is 1. The lowest BCUT2D eigenvalue weighted by Crippen LogP contribution is -2.20. The molecule has 7 nitrogen and oxygen atoms in total. The molecule has 34 heavy (non-hydrogen) atoms. The molecule has 1 saturated carbocycles. The van der Waals surface area contributed by atoms with Crippen LogP contribution in [0.15, 0.2) is 30.5 Å². The Morgan fingerprint density at radius 3 is 2.76 bits per heavy atom. The predicted molar refractivity (Wildman–Crippen MR) is 133 cm³/mol. The smallest absolute Gasteiger partial charge is 0.291 e. The fourth-order valence-electron chi connectivity index (χ4n) is 5.14. The zero-order valence-corrected chi connectivity index (χ0v) is 20.5. The van der Waals surface area contributed by atoms with Gasteiger partial charge in [0.2, 0.25) is 0 Å². The van der Waals surface area contributed by atoms with E-state index in [4.69, 9.17) is 10.00 Å². The summed E-state index contributed by atoms with van der Waals surface area (Å²) < 4.78 is 6.07. The minimum atomic E-state index is -0.352. The number of aromatic amines is 1. The highest BCUT2D eigenvalue weighted by atomic mass is 16.5. The molecule has 0 radical (unpaired) electrons. The molecule has 0 saturated heterocycles. The molecule has 1 aromatic heterocycles. The molecular formula is C27H35N5O2. The van der Waals surface area contributed by atoms with Gasteiger partial charge < -0.3 is 19.9 Å². The largest absolute Gasteiger partial charge is 0.372 e. The molecule has 1 aromatic carbocycles. The molecule has 4 rings (SSSR count). The molecular weight excluding hydrogens is 426 g/mol. The monoisotopic (exact) mass is 461 g/mol. The molecule has 1 fully saturated rings. The number of benzene rings is 1. The van der Waals surface area contributed by atoms with E-state index in [-0.39, 0.29) is 23.5 Å². The first-order valence-electron chi connectivity index (χ1n) is 12.3. The maximum Gasteiger partial charge on any atom is 0.291 e. The molecule has 2 aromatic rings. The van der Waals surface area contributed by atoms with E-state index in [1.807, 2.05) is 32.3 Å². The first-order chi connectivity index (χ1) is 16.4. The van der Waals surface area contributed by atoms with Crippen LogP contribution in [0.3, 0.4) is 0 Å². The van der Waals surface area contributed by atoms with Gasteiger partial charge in [0.15, 0.2) is 11.5 Å². The van der Waals surface area contributed by atoms with Gasteiger partial charge in [-0.2, -0.15) is 5.26 Å². The summed E-state index contributed by atoms with van der Waals surface area (Å²) in [5.41, 5.74) is 4.87. The van der Waals surface area contributed by atoms with Crippen molar-refractivity contribution in [3.63, 3.8) is 0 Å². The topological polar surface area (TPSA) is 94.0 Å². The third kappa shape index (κ3) is 5.57. The van der Waals surface area contributed by atoms with E-state index in [1.165, 1.54) is 43.9 Å². The second-order valence-electron chi connectivity index (χ2n) is 9.96.